The highest BCUT2D eigenvalue weighted by Gasteiger charge is 2.24. The summed E-state index contributed by atoms with van der Waals surface area (Å²) in [5.41, 5.74) is -0.508. The molecule has 1 fully saturated rings. The summed E-state index contributed by atoms with van der Waals surface area (Å²) >= 11 is 0. The molecule has 0 aromatic rings. The van der Waals surface area contributed by atoms with Crippen molar-refractivity contribution >= 4 is 12.0 Å². The van der Waals surface area contributed by atoms with Crippen molar-refractivity contribution in [1.82, 2.24) is 10.2 Å². The predicted molar refractivity (Wildman–Crippen MR) is 83.1 cm³/mol. The molecule has 0 aromatic heterocycles. The predicted octanol–water partition coefficient (Wildman–Crippen LogP) is 3.08. The van der Waals surface area contributed by atoms with Crippen molar-refractivity contribution in [2.75, 3.05) is 13.1 Å². The molecule has 2 amide bonds. The van der Waals surface area contributed by atoms with Gasteiger partial charge in [-0.15, -0.1) is 0 Å². The number of hydrogen-bond acceptors (Lipinski definition) is 3. The van der Waals surface area contributed by atoms with E-state index in [-0.39, 0.29) is 5.91 Å². The first-order valence-corrected chi connectivity index (χ1v) is 8.10. The summed E-state index contributed by atoms with van der Waals surface area (Å²) in [6, 6.07) is 0.363. The van der Waals surface area contributed by atoms with Gasteiger partial charge in [0.15, 0.2) is 0 Å². The Morgan fingerprint density at radius 3 is 2.57 bits per heavy atom. The summed E-state index contributed by atoms with van der Waals surface area (Å²) in [4.78, 5) is 25.9. The molecule has 5 nitrogen and oxygen atoms in total. The quantitative estimate of drug-likeness (QED) is 0.867. The van der Waals surface area contributed by atoms with Gasteiger partial charge in [0.2, 0.25) is 5.91 Å². The number of carbonyl (C=O) groups is 2. The molecule has 122 valence electrons. The normalized spacial score (nSPS) is 19.8. The van der Waals surface area contributed by atoms with Crippen LogP contribution in [0.4, 0.5) is 4.79 Å². The molecule has 21 heavy (non-hydrogen) atoms. The lowest BCUT2D eigenvalue weighted by atomic mass is 10.1. The number of carbonyl (C=O) groups excluding carboxylic acids is 2. The van der Waals surface area contributed by atoms with Crippen LogP contribution in [0.3, 0.4) is 0 Å². The first-order chi connectivity index (χ1) is 9.83. The SMILES string of the molecule is CCC1CCCCCN1C(=O)CCNC(=O)OC(C)(C)C. The van der Waals surface area contributed by atoms with Gasteiger partial charge in [-0.2, -0.15) is 0 Å². The van der Waals surface area contributed by atoms with Gasteiger partial charge in [0.05, 0.1) is 0 Å². The van der Waals surface area contributed by atoms with Gasteiger partial charge in [0, 0.05) is 25.6 Å². The molecule has 0 aliphatic carbocycles. The number of nitrogens with zero attached hydrogens (tertiary/aromatic N) is 1. The van der Waals surface area contributed by atoms with E-state index >= 15 is 0 Å². The minimum absolute atomic E-state index is 0.139. The highest BCUT2D eigenvalue weighted by Crippen LogP contribution is 2.19. The molecule has 0 bridgehead atoms. The molecule has 1 aliphatic heterocycles. The fourth-order valence-electron chi connectivity index (χ4n) is 2.66. The van der Waals surface area contributed by atoms with E-state index in [0.29, 0.717) is 19.0 Å². The van der Waals surface area contributed by atoms with Gasteiger partial charge in [-0.3, -0.25) is 4.79 Å². The van der Waals surface area contributed by atoms with Crippen LogP contribution in [0.25, 0.3) is 0 Å². The first-order valence-electron chi connectivity index (χ1n) is 8.10. The Labute approximate surface area is 128 Å². The fraction of sp³-hybridized carbons (Fsp3) is 0.875. The molecule has 1 unspecified atom stereocenters. The lowest BCUT2D eigenvalue weighted by Crippen LogP contribution is -2.41. The number of amides is 2. The van der Waals surface area contributed by atoms with Gasteiger partial charge in [0.25, 0.3) is 0 Å². The maximum atomic E-state index is 12.3. The molecule has 0 aromatic carbocycles. The van der Waals surface area contributed by atoms with Crippen LogP contribution in [0.5, 0.6) is 0 Å². The van der Waals surface area contributed by atoms with E-state index in [0.717, 1.165) is 25.8 Å². The highest BCUT2D eigenvalue weighted by molar-refractivity contribution is 5.77. The Morgan fingerprint density at radius 1 is 1.24 bits per heavy atom. The van der Waals surface area contributed by atoms with E-state index in [1.807, 2.05) is 25.7 Å². The maximum Gasteiger partial charge on any atom is 0.407 e. The van der Waals surface area contributed by atoms with E-state index in [4.69, 9.17) is 4.74 Å². The van der Waals surface area contributed by atoms with Crippen molar-refractivity contribution in [3.05, 3.63) is 0 Å². The van der Waals surface area contributed by atoms with Gasteiger partial charge in [-0.05, 0) is 40.0 Å². The zero-order chi connectivity index (χ0) is 15.9. The zero-order valence-electron chi connectivity index (χ0n) is 13.9. The summed E-state index contributed by atoms with van der Waals surface area (Å²) in [5, 5.41) is 2.65. The summed E-state index contributed by atoms with van der Waals surface area (Å²) in [5.74, 6) is 0.139. The second-order valence-corrected chi connectivity index (χ2v) is 6.68. The van der Waals surface area contributed by atoms with E-state index in [9.17, 15) is 9.59 Å². The number of nitrogens with one attached hydrogen (secondary N) is 1. The summed E-state index contributed by atoms with van der Waals surface area (Å²) in [7, 11) is 0. The highest BCUT2D eigenvalue weighted by atomic mass is 16.6. The Morgan fingerprint density at radius 2 is 1.95 bits per heavy atom. The molecule has 1 N–H and O–H groups in total. The van der Waals surface area contributed by atoms with Crippen molar-refractivity contribution in [2.45, 2.75) is 77.9 Å². The maximum absolute atomic E-state index is 12.3. The van der Waals surface area contributed by atoms with Crippen molar-refractivity contribution < 1.29 is 14.3 Å². The lowest BCUT2D eigenvalue weighted by molar-refractivity contribution is -0.133. The monoisotopic (exact) mass is 298 g/mol. The van der Waals surface area contributed by atoms with E-state index in [1.165, 1.54) is 12.8 Å². The van der Waals surface area contributed by atoms with Crippen molar-refractivity contribution in [3.63, 3.8) is 0 Å². The smallest absolute Gasteiger partial charge is 0.407 e. The zero-order valence-corrected chi connectivity index (χ0v) is 13.9. The fourth-order valence-corrected chi connectivity index (χ4v) is 2.66. The topological polar surface area (TPSA) is 58.6 Å². The average Bonchev–Trinajstić information content (AvgIpc) is 2.61. The molecule has 0 spiro atoms. The molecule has 0 saturated carbocycles. The minimum atomic E-state index is -0.508. The average molecular weight is 298 g/mol. The molecule has 0 radical (unpaired) electrons. The number of ether oxygens (including phenoxy) is 1. The second kappa shape index (κ2) is 8.25. The Balaban J connectivity index is 2.36. The van der Waals surface area contributed by atoms with Gasteiger partial charge in [-0.25, -0.2) is 4.79 Å². The third-order valence-electron chi connectivity index (χ3n) is 3.68. The lowest BCUT2D eigenvalue weighted by Gasteiger charge is -2.29. The molecule has 1 saturated heterocycles. The van der Waals surface area contributed by atoms with Crippen LogP contribution in [0, 0.1) is 0 Å². The summed E-state index contributed by atoms with van der Waals surface area (Å²) < 4.78 is 5.15. The van der Waals surface area contributed by atoms with Crippen LogP contribution in [0.2, 0.25) is 0 Å². The second-order valence-electron chi connectivity index (χ2n) is 6.68. The van der Waals surface area contributed by atoms with Crippen molar-refractivity contribution in [1.29, 1.82) is 0 Å². The van der Waals surface area contributed by atoms with Gasteiger partial charge < -0.3 is 15.0 Å². The Hall–Kier alpha value is -1.26. The molecular weight excluding hydrogens is 268 g/mol. The van der Waals surface area contributed by atoms with Crippen LogP contribution in [-0.2, 0) is 9.53 Å². The standard InChI is InChI=1S/C16H30N2O3/c1-5-13-9-7-6-8-12-18(13)14(19)10-11-17-15(20)21-16(2,3)4/h13H,5-12H2,1-4H3,(H,17,20). The van der Waals surface area contributed by atoms with Crippen LogP contribution < -0.4 is 5.32 Å². The Bertz CT molecular complexity index is 350. The molecule has 5 heteroatoms. The Kier molecular flexibility index (Phi) is 6.99. The number of likely N-dealkylation sites (tertiary alicyclic amines) is 1. The van der Waals surface area contributed by atoms with Crippen LogP contribution >= 0.6 is 0 Å². The molecule has 1 rings (SSSR count). The van der Waals surface area contributed by atoms with E-state index in [2.05, 4.69) is 12.2 Å². The van der Waals surface area contributed by atoms with Crippen LogP contribution in [0.15, 0.2) is 0 Å². The number of rotatable bonds is 4. The number of hydrogen-bond donors (Lipinski definition) is 1. The van der Waals surface area contributed by atoms with Gasteiger partial charge in [-0.1, -0.05) is 19.8 Å². The van der Waals surface area contributed by atoms with E-state index in [1.54, 1.807) is 0 Å². The van der Waals surface area contributed by atoms with Crippen molar-refractivity contribution in [3.8, 4) is 0 Å². The van der Waals surface area contributed by atoms with Crippen molar-refractivity contribution in [2.24, 2.45) is 0 Å². The molecule has 1 aliphatic rings. The first kappa shape index (κ1) is 17.8. The minimum Gasteiger partial charge on any atom is -0.444 e. The van der Waals surface area contributed by atoms with Gasteiger partial charge >= 0.3 is 6.09 Å². The number of alkyl carbamates (subject to hydrolysis) is 1. The molecule has 1 atom stereocenters. The molecular formula is C16H30N2O3. The van der Waals surface area contributed by atoms with Crippen LogP contribution in [0.1, 0.15) is 66.2 Å². The van der Waals surface area contributed by atoms with Gasteiger partial charge in [0.1, 0.15) is 5.60 Å². The van der Waals surface area contributed by atoms with Crippen LogP contribution in [-0.4, -0.2) is 41.6 Å². The molecule has 1 heterocycles. The summed E-state index contributed by atoms with van der Waals surface area (Å²) in [6.45, 7) is 8.78. The third-order valence-corrected chi connectivity index (χ3v) is 3.68. The third kappa shape index (κ3) is 6.82. The van der Waals surface area contributed by atoms with E-state index < -0.39 is 11.7 Å². The largest absolute Gasteiger partial charge is 0.444 e. The summed E-state index contributed by atoms with van der Waals surface area (Å²) in [6.07, 6.45) is 5.48.